The number of rotatable bonds is 2. The molecule has 2 bridgehead atoms. The zero-order valence-corrected chi connectivity index (χ0v) is 14.4. The minimum absolute atomic E-state index is 0.0671. The predicted molar refractivity (Wildman–Crippen MR) is 93.6 cm³/mol. The number of nitrogens with one attached hydrogen (secondary N) is 1. The summed E-state index contributed by atoms with van der Waals surface area (Å²) in [5.74, 6) is 0.0822. The van der Waals surface area contributed by atoms with Crippen LogP contribution < -0.4 is 5.32 Å². The zero-order chi connectivity index (χ0) is 17.6. The summed E-state index contributed by atoms with van der Waals surface area (Å²) >= 11 is 0. The Balaban J connectivity index is 1.55. The van der Waals surface area contributed by atoms with Crippen LogP contribution in [0.5, 0.6) is 0 Å². The highest BCUT2D eigenvalue weighted by Crippen LogP contribution is 2.41. The van der Waals surface area contributed by atoms with E-state index in [0.29, 0.717) is 29.3 Å². The van der Waals surface area contributed by atoms with E-state index in [9.17, 15) is 9.18 Å². The van der Waals surface area contributed by atoms with E-state index in [1.165, 1.54) is 12.4 Å². The molecule has 1 aromatic heterocycles. The van der Waals surface area contributed by atoms with E-state index < -0.39 is 5.95 Å². The Labute approximate surface area is 146 Å². The van der Waals surface area contributed by atoms with E-state index >= 15 is 0 Å². The Kier molecular flexibility index (Phi) is 3.90. The van der Waals surface area contributed by atoms with Gasteiger partial charge in [-0.15, -0.1) is 0 Å². The predicted octanol–water partition coefficient (Wildman–Crippen LogP) is 4.00. The van der Waals surface area contributed by atoms with Gasteiger partial charge in [0.1, 0.15) is 5.69 Å². The highest BCUT2D eigenvalue weighted by atomic mass is 19.1. The fourth-order valence-electron chi connectivity index (χ4n) is 4.12. The molecule has 6 heteroatoms. The summed E-state index contributed by atoms with van der Waals surface area (Å²) in [6.07, 6.45) is 6.05. The van der Waals surface area contributed by atoms with Crippen molar-refractivity contribution in [1.29, 1.82) is 0 Å². The van der Waals surface area contributed by atoms with Crippen molar-refractivity contribution < 1.29 is 9.18 Å². The van der Waals surface area contributed by atoms with Crippen LogP contribution in [0.1, 0.15) is 31.7 Å². The monoisotopic (exact) mass is 340 g/mol. The first-order valence-corrected chi connectivity index (χ1v) is 8.69. The van der Waals surface area contributed by atoms with Gasteiger partial charge in [0.15, 0.2) is 0 Å². The number of aryl methyl sites for hydroxylation is 1. The first-order valence-electron chi connectivity index (χ1n) is 8.69. The number of urea groups is 1. The van der Waals surface area contributed by atoms with Crippen LogP contribution in [0.15, 0.2) is 30.6 Å². The number of fused-ring (bicyclic) bond motifs is 2. The Morgan fingerprint density at radius 3 is 2.64 bits per heavy atom. The van der Waals surface area contributed by atoms with Crippen molar-refractivity contribution >= 4 is 11.7 Å². The number of aromatic nitrogens is 2. The van der Waals surface area contributed by atoms with Gasteiger partial charge in [-0.2, -0.15) is 4.39 Å². The molecule has 1 N–H and O–H groups in total. The van der Waals surface area contributed by atoms with E-state index in [4.69, 9.17) is 0 Å². The van der Waals surface area contributed by atoms with E-state index in [2.05, 4.69) is 22.2 Å². The lowest BCUT2D eigenvalue weighted by molar-refractivity contribution is -0.00600. The van der Waals surface area contributed by atoms with Gasteiger partial charge in [-0.25, -0.2) is 14.8 Å². The third-order valence-electron chi connectivity index (χ3n) is 5.31. The number of amides is 2. The topological polar surface area (TPSA) is 58.1 Å². The number of nitrogens with zero attached hydrogens (tertiary/aromatic N) is 3. The van der Waals surface area contributed by atoms with Gasteiger partial charge >= 0.3 is 6.03 Å². The average molecular weight is 340 g/mol. The van der Waals surface area contributed by atoms with Crippen molar-refractivity contribution in [3.8, 4) is 11.3 Å². The van der Waals surface area contributed by atoms with Crippen molar-refractivity contribution in [3.05, 3.63) is 42.1 Å². The highest BCUT2D eigenvalue weighted by molar-refractivity contribution is 5.91. The van der Waals surface area contributed by atoms with Crippen molar-refractivity contribution in [3.63, 3.8) is 0 Å². The molecule has 25 heavy (non-hydrogen) atoms. The number of carbonyl (C=O) groups excluding carboxylic acids is 1. The Morgan fingerprint density at radius 1 is 1.20 bits per heavy atom. The summed E-state index contributed by atoms with van der Waals surface area (Å²) < 4.78 is 14.0. The quantitative estimate of drug-likeness (QED) is 0.899. The average Bonchev–Trinajstić information content (AvgIpc) is 2.57. The molecule has 2 aromatic rings. The number of piperidine rings is 1. The van der Waals surface area contributed by atoms with Crippen LogP contribution in [-0.2, 0) is 0 Å². The first-order chi connectivity index (χ1) is 12.0. The maximum atomic E-state index is 14.0. The number of benzene rings is 1. The number of halogens is 1. The molecule has 0 saturated carbocycles. The molecule has 2 amide bonds. The molecule has 4 rings (SSSR count). The molecule has 130 valence electrons. The summed E-state index contributed by atoms with van der Waals surface area (Å²) in [7, 11) is 0. The van der Waals surface area contributed by atoms with Gasteiger partial charge in [0.2, 0.25) is 5.95 Å². The maximum absolute atomic E-state index is 14.0. The Morgan fingerprint density at radius 2 is 1.92 bits per heavy atom. The van der Waals surface area contributed by atoms with Gasteiger partial charge in [-0.3, -0.25) is 0 Å². The number of anilines is 1. The third kappa shape index (κ3) is 2.86. The van der Waals surface area contributed by atoms with Crippen molar-refractivity contribution in [1.82, 2.24) is 14.9 Å². The van der Waals surface area contributed by atoms with Crippen LogP contribution in [0.3, 0.4) is 0 Å². The Hall–Kier alpha value is -2.50. The molecule has 0 aliphatic carbocycles. The van der Waals surface area contributed by atoms with Crippen LogP contribution in [0.4, 0.5) is 14.9 Å². The van der Waals surface area contributed by atoms with Crippen LogP contribution in [0.2, 0.25) is 0 Å². The third-order valence-corrected chi connectivity index (χ3v) is 5.31. The van der Waals surface area contributed by atoms with Gasteiger partial charge in [-0.1, -0.05) is 13.0 Å². The summed E-state index contributed by atoms with van der Waals surface area (Å²) in [6, 6.07) is 6.11. The lowest BCUT2D eigenvalue weighted by atomic mass is 9.74. The lowest BCUT2D eigenvalue weighted by Gasteiger charge is -2.54. The van der Waals surface area contributed by atoms with Gasteiger partial charge in [-0.05, 0) is 49.8 Å². The van der Waals surface area contributed by atoms with Crippen LogP contribution in [0.25, 0.3) is 11.3 Å². The van der Waals surface area contributed by atoms with Crippen LogP contribution in [0, 0.1) is 18.8 Å². The molecule has 2 saturated heterocycles. The van der Waals surface area contributed by atoms with Gasteiger partial charge < -0.3 is 10.2 Å². The molecule has 5 nitrogen and oxygen atoms in total. The van der Waals surface area contributed by atoms with Crippen molar-refractivity contribution in [2.45, 2.75) is 45.2 Å². The molecule has 2 atom stereocenters. The SMILES string of the molecule is Cc1ccc(NC(=O)N2C3CC(C)CC2C3)cc1-c1nccnc1F. The minimum Gasteiger partial charge on any atom is -0.318 e. The van der Waals surface area contributed by atoms with Gasteiger partial charge in [0.25, 0.3) is 0 Å². The van der Waals surface area contributed by atoms with E-state index in [1.54, 1.807) is 6.07 Å². The number of hydrogen-bond donors (Lipinski definition) is 1. The highest BCUT2D eigenvalue weighted by Gasteiger charge is 2.46. The van der Waals surface area contributed by atoms with Crippen LogP contribution in [-0.4, -0.2) is 33.0 Å². The summed E-state index contributed by atoms with van der Waals surface area (Å²) in [5, 5.41) is 2.96. The lowest BCUT2D eigenvalue weighted by Crippen LogP contribution is -2.63. The van der Waals surface area contributed by atoms with Crippen molar-refractivity contribution in [2.75, 3.05) is 5.32 Å². The van der Waals surface area contributed by atoms with E-state index in [1.807, 2.05) is 24.0 Å². The smallest absolute Gasteiger partial charge is 0.318 e. The molecule has 3 heterocycles. The second-order valence-electron chi connectivity index (χ2n) is 7.18. The zero-order valence-electron chi connectivity index (χ0n) is 14.4. The van der Waals surface area contributed by atoms with Crippen LogP contribution >= 0.6 is 0 Å². The van der Waals surface area contributed by atoms with E-state index in [-0.39, 0.29) is 11.7 Å². The molecule has 1 aromatic carbocycles. The van der Waals surface area contributed by atoms with Gasteiger partial charge in [0, 0.05) is 35.7 Å². The summed E-state index contributed by atoms with van der Waals surface area (Å²) in [5.41, 5.74) is 2.37. The largest absolute Gasteiger partial charge is 0.322 e. The number of carbonyl (C=O) groups is 1. The second kappa shape index (κ2) is 6.10. The Bertz CT molecular complexity index is 813. The van der Waals surface area contributed by atoms with Gasteiger partial charge in [0.05, 0.1) is 0 Å². The maximum Gasteiger partial charge on any atom is 0.322 e. The summed E-state index contributed by atoms with van der Waals surface area (Å²) in [6.45, 7) is 4.13. The molecule has 2 unspecified atom stereocenters. The molecule has 2 aliphatic heterocycles. The molecule has 0 radical (unpaired) electrons. The second-order valence-corrected chi connectivity index (χ2v) is 7.18. The standard InChI is InChI=1S/C19H21FN4O/c1-11-7-14-10-15(8-11)24(14)19(25)23-13-4-3-12(2)16(9-13)17-18(20)22-6-5-21-17/h3-6,9,11,14-15H,7-8,10H2,1-2H3,(H,23,25). The molecule has 0 spiro atoms. The number of hydrogen-bond acceptors (Lipinski definition) is 3. The molecule has 2 aliphatic rings. The fourth-order valence-corrected chi connectivity index (χ4v) is 4.12. The molecular weight excluding hydrogens is 319 g/mol. The minimum atomic E-state index is -0.611. The fraction of sp³-hybridized carbons (Fsp3) is 0.421. The van der Waals surface area contributed by atoms with Crippen molar-refractivity contribution in [2.24, 2.45) is 5.92 Å². The molecule has 2 fully saturated rings. The van der Waals surface area contributed by atoms with E-state index in [0.717, 1.165) is 24.8 Å². The molecular formula is C19H21FN4O. The summed E-state index contributed by atoms with van der Waals surface area (Å²) in [4.78, 5) is 22.3. The first kappa shape index (κ1) is 16.0. The normalized spacial score (nSPS) is 24.6.